The number of halogens is 2. The summed E-state index contributed by atoms with van der Waals surface area (Å²) in [5, 5.41) is 27.7. The Bertz CT molecular complexity index is 400. The van der Waals surface area contributed by atoms with Crippen molar-refractivity contribution in [2.45, 2.75) is 6.10 Å². The molecule has 3 N–H and O–H groups in total. The van der Waals surface area contributed by atoms with Crippen LogP contribution in [0, 0.1) is 0 Å². The summed E-state index contributed by atoms with van der Waals surface area (Å²) in [6.07, 6.45) is -0.691. The lowest BCUT2D eigenvalue weighted by Gasteiger charge is -2.23. The zero-order chi connectivity index (χ0) is 15.0. The fourth-order valence-corrected chi connectivity index (χ4v) is 2.87. The van der Waals surface area contributed by atoms with Gasteiger partial charge in [-0.05, 0) is 34.1 Å². The maximum Gasteiger partial charge on any atom is 0.133 e. The summed E-state index contributed by atoms with van der Waals surface area (Å²) < 4.78 is 7.29. The molecule has 1 rings (SSSR count). The Morgan fingerprint density at radius 1 is 1.15 bits per heavy atom. The predicted molar refractivity (Wildman–Crippen MR) is 84.0 cm³/mol. The van der Waals surface area contributed by atoms with Crippen LogP contribution in [0.2, 0.25) is 0 Å². The van der Waals surface area contributed by atoms with Crippen LogP contribution < -0.4 is 4.74 Å². The maximum absolute atomic E-state index is 9.93. The van der Waals surface area contributed by atoms with Gasteiger partial charge in [0.1, 0.15) is 18.5 Å². The van der Waals surface area contributed by atoms with E-state index in [1.807, 2.05) is 12.1 Å². The molecule has 0 amide bonds. The van der Waals surface area contributed by atoms with E-state index in [0.717, 1.165) is 8.95 Å². The standard InChI is InChI=1S/C13H19Br2NO4/c14-10-1-2-13(12(15)7-10)20-9-11(19)8-16(3-5-17)4-6-18/h1-2,7,11,17-19H,3-6,8-9H2/t11-/m0/s1. The fraction of sp³-hybridized carbons (Fsp3) is 0.538. The number of benzene rings is 1. The summed E-state index contributed by atoms with van der Waals surface area (Å²) in [4.78, 5) is 1.78. The summed E-state index contributed by atoms with van der Waals surface area (Å²) in [6.45, 7) is 1.31. The zero-order valence-electron chi connectivity index (χ0n) is 11.0. The molecule has 114 valence electrons. The molecule has 20 heavy (non-hydrogen) atoms. The molecule has 0 heterocycles. The Balaban J connectivity index is 2.43. The molecule has 0 bridgehead atoms. The topological polar surface area (TPSA) is 73.2 Å². The van der Waals surface area contributed by atoms with Gasteiger partial charge in [0.2, 0.25) is 0 Å². The lowest BCUT2D eigenvalue weighted by Crippen LogP contribution is -2.38. The first-order valence-electron chi connectivity index (χ1n) is 6.26. The molecule has 0 aromatic heterocycles. The van der Waals surface area contributed by atoms with Crippen LogP contribution in [0.25, 0.3) is 0 Å². The van der Waals surface area contributed by atoms with Crippen LogP contribution in [0.1, 0.15) is 0 Å². The highest BCUT2D eigenvalue weighted by Crippen LogP contribution is 2.28. The van der Waals surface area contributed by atoms with E-state index in [1.165, 1.54) is 0 Å². The van der Waals surface area contributed by atoms with Gasteiger partial charge >= 0.3 is 0 Å². The van der Waals surface area contributed by atoms with Crippen molar-refractivity contribution in [3.8, 4) is 5.75 Å². The number of hydrogen-bond donors (Lipinski definition) is 3. The quantitative estimate of drug-likeness (QED) is 0.569. The van der Waals surface area contributed by atoms with Crippen LogP contribution in [0.5, 0.6) is 5.75 Å². The molecule has 0 fully saturated rings. The molecule has 1 aromatic rings. The average Bonchev–Trinajstić information content (AvgIpc) is 2.38. The van der Waals surface area contributed by atoms with E-state index in [-0.39, 0.29) is 19.8 Å². The monoisotopic (exact) mass is 411 g/mol. The van der Waals surface area contributed by atoms with Crippen LogP contribution in [-0.2, 0) is 0 Å². The van der Waals surface area contributed by atoms with Crippen molar-refractivity contribution in [3.63, 3.8) is 0 Å². The van der Waals surface area contributed by atoms with Crippen LogP contribution in [0.15, 0.2) is 27.1 Å². The Morgan fingerprint density at radius 2 is 1.80 bits per heavy atom. The van der Waals surface area contributed by atoms with Crippen molar-refractivity contribution in [3.05, 3.63) is 27.1 Å². The summed E-state index contributed by atoms with van der Waals surface area (Å²) in [5.41, 5.74) is 0. The molecule has 0 saturated carbocycles. The van der Waals surface area contributed by atoms with Gasteiger partial charge in [0.25, 0.3) is 0 Å². The number of ether oxygens (including phenoxy) is 1. The number of aliphatic hydroxyl groups excluding tert-OH is 3. The molecule has 0 saturated heterocycles. The third-order valence-electron chi connectivity index (χ3n) is 2.63. The van der Waals surface area contributed by atoms with Crippen LogP contribution >= 0.6 is 31.9 Å². The Labute approximate surface area is 135 Å². The molecule has 1 aromatic carbocycles. The summed E-state index contributed by atoms with van der Waals surface area (Å²) in [7, 11) is 0. The highest BCUT2D eigenvalue weighted by molar-refractivity contribution is 9.11. The van der Waals surface area contributed by atoms with Gasteiger partial charge in [-0.3, -0.25) is 4.90 Å². The first-order chi connectivity index (χ1) is 9.56. The Morgan fingerprint density at radius 3 is 2.35 bits per heavy atom. The third kappa shape index (κ3) is 6.51. The molecule has 0 aliphatic rings. The second-order valence-electron chi connectivity index (χ2n) is 4.29. The van der Waals surface area contributed by atoms with Gasteiger partial charge in [-0.1, -0.05) is 15.9 Å². The van der Waals surface area contributed by atoms with Crippen LogP contribution in [0.4, 0.5) is 0 Å². The number of rotatable bonds is 9. The summed E-state index contributed by atoms with van der Waals surface area (Å²) >= 11 is 6.74. The van der Waals surface area contributed by atoms with Crippen molar-refractivity contribution in [2.75, 3.05) is 39.5 Å². The largest absolute Gasteiger partial charge is 0.490 e. The van der Waals surface area contributed by atoms with Crippen molar-refractivity contribution in [1.82, 2.24) is 4.90 Å². The minimum atomic E-state index is -0.691. The van der Waals surface area contributed by atoms with E-state index < -0.39 is 6.10 Å². The van der Waals surface area contributed by atoms with Crippen LogP contribution in [-0.4, -0.2) is 65.8 Å². The smallest absolute Gasteiger partial charge is 0.133 e. The highest BCUT2D eigenvalue weighted by atomic mass is 79.9. The van der Waals surface area contributed by atoms with Crippen molar-refractivity contribution >= 4 is 31.9 Å². The van der Waals surface area contributed by atoms with E-state index in [0.29, 0.717) is 25.4 Å². The number of aliphatic hydroxyl groups is 3. The van der Waals surface area contributed by atoms with Gasteiger partial charge in [0.15, 0.2) is 0 Å². The summed E-state index contributed by atoms with van der Waals surface area (Å²) in [5.74, 6) is 0.656. The van der Waals surface area contributed by atoms with Gasteiger partial charge < -0.3 is 20.1 Å². The second kappa shape index (κ2) is 9.70. The molecule has 0 unspecified atom stereocenters. The zero-order valence-corrected chi connectivity index (χ0v) is 14.2. The van der Waals surface area contributed by atoms with Gasteiger partial charge in [-0.25, -0.2) is 0 Å². The molecular formula is C13H19Br2NO4. The minimum absolute atomic E-state index is 0.00810. The molecule has 0 spiro atoms. The predicted octanol–water partition coefficient (Wildman–Crippen LogP) is 1.24. The van der Waals surface area contributed by atoms with Gasteiger partial charge in [-0.2, -0.15) is 0 Å². The molecule has 0 aliphatic carbocycles. The summed E-state index contributed by atoms with van der Waals surface area (Å²) in [6, 6.07) is 5.53. The normalized spacial score (nSPS) is 12.7. The fourth-order valence-electron chi connectivity index (χ4n) is 1.71. The van der Waals surface area contributed by atoms with Crippen molar-refractivity contribution < 1.29 is 20.1 Å². The Hall–Kier alpha value is -0.180. The van der Waals surface area contributed by atoms with Crippen molar-refractivity contribution in [1.29, 1.82) is 0 Å². The van der Waals surface area contributed by atoms with Gasteiger partial charge in [-0.15, -0.1) is 0 Å². The van der Waals surface area contributed by atoms with E-state index in [2.05, 4.69) is 31.9 Å². The molecule has 5 nitrogen and oxygen atoms in total. The van der Waals surface area contributed by atoms with E-state index >= 15 is 0 Å². The molecule has 7 heteroatoms. The van der Waals surface area contributed by atoms with Gasteiger partial charge in [0.05, 0.1) is 17.7 Å². The van der Waals surface area contributed by atoms with E-state index in [4.69, 9.17) is 14.9 Å². The molecule has 1 atom stereocenters. The van der Waals surface area contributed by atoms with Crippen LogP contribution in [0.3, 0.4) is 0 Å². The second-order valence-corrected chi connectivity index (χ2v) is 6.06. The SMILES string of the molecule is OCCN(CCO)C[C@H](O)COc1ccc(Br)cc1Br. The molecule has 0 aliphatic heterocycles. The third-order valence-corrected chi connectivity index (χ3v) is 3.74. The molecule has 0 radical (unpaired) electrons. The maximum atomic E-state index is 9.93. The van der Waals surface area contributed by atoms with E-state index in [9.17, 15) is 5.11 Å². The molecular weight excluding hydrogens is 394 g/mol. The lowest BCUT2D eigenvalue weighted by atomic mass is 10.3. The lowest BCUT2D eigenvalue weighted by molar-refractivity contribution is 0.0550. The first kappa shape index (κ1) is 17.9. The average molecular weight is 413 g/mol. The van der Waals surface area contributed by atoms with E-state index in [1.54, 1.807) is 11.0 Å². The van der Waals surface area contributed by atoms with Crippen molar-refractivity contribution in [2.24, 2.45) is 0 Å². The van der Waals surface area contributed by atoms with Gasteiger partial charge in [0, 0.05) is 24.1 Å². The highest BCUT2D eigenvalue weighted by Gasteiger charge is 2.12. The Kier molecular flexibility index (Phi) is 8.67. The number of nitrogens with zero attached hydrogens (tertiary/aromatic N) is 1. The number of hydrogen-bond acceptors (Lipinski definition) is 5. The minimum Gasteiger partial charge on any atom is -0.490 e. The first-order valence-corrected chi connectivity index (χ1v) is 7.85.